The van der Waals surface area contributed by atoms with Crippen LogP contribution < -0.4 is 17.0 Å². The number of anilines is 1. The lowest BCUT2D eigenvalue weighted by molar-refractivity contribution is -0.137. The van der Waals surface area contributed by atoms with Crippen LogP contribution >= 0.6 is 27.3 Å². The van der Waals surface area contributed by atoms with E-state index in [-0.39, 0.29) is 5.69 Å². The molecule has 0 spiro atoms. The maximum Gasteiger partial charge on any atom is 0.416 e. The van der Waals surface area contributed by atoms with Crippen molar-refractivity contribution in [2.45, 2.75) is 18.6 Å². The monoisotopic (exact) mass is 379 g/mol. The summed E-state index contributed by atoms with van der Waals surface area (Å²) in [6, 6.07) is 4.64. The summed E-state index contributed by atoms with van der Waals surface area (Å²) in [4.78, 5) is 0.981. The third kappa shape index (κ3) is 3.76. The Morgan fingerprint density at radius 2 is 2.00 bits per heavy atom. The third-order valence-electron chi connectivity index (χ3n) is 3.07. The van der Waals surface area contributed by atoms with E-state index in [0.29, 0.717) is 12.0 Å². The van der Waals surface area contributed by atoms with Crippen LogP contribution in [0.3, 0.4) is 0 Å². The van der Waals surface area contributed by atoms with Crippen molar-refractivity contribution in [1.29, 1.82) is 0 Å². The molecule has 1 heterocycles. The number of nitrogens with one attached hydrogen (secondary N) is 1. The molecular formula is C13H13BrF3N3S. The average molecular weight is 380 g/mol. The van der Waals surface area contributed by atoms with Gasteiger partial charge >= 0.3 is 6.18 Å². The first-order chi connectivity index (χ1) is 9.82. The van der Waals surface area contributed by atoms with Crippen LogP contribution in [0.1, 0.15) is 22.0 Å². The summed E-state index contributed by atoms with van der Waals surface area (Å²) >= 11 is 4.89. The van der Waals surface area contributed by atoms with Gasteiger partial charge in [-0.1, -0.05) is 0 Å². The zero-order valence-electron chi connectivity index (χ0n) is 10.7. The van der Waals surface area contributed by atoms with Gasteiger partial charge in [0.25, 0.3) is 0 Å². The SMILES string of the molecule is NNC(Cc1sccc1Br)c1cc(C(F)(F)F)ccc1N. The van der Waals surface area contributed by atoms with Gasteiger partial charge in [0.1, 0.15) is 0 Å². The van der Waals surface area contributed by atoms with Crippen molar-refractivity contribution in [3.05, 3.63) is 50.1 Å². The molecule has 0 saturated heterocycles. The van der Waals surface area contributed by atoms with Crippen LogP contribution in [0.4, 0.5) is 18.9 Å². The molecule has 1 aromatic carbocycles. The lowest BCUT2D eigenvalue weighted by Crippen LogP contribution is -2.30. The van der Waals surface area contributed by atoms with E-state index in [1.807, 2.05) is 11.4 Å². The molecule has 0 aliphatic carbocycles. The van der Waals surface area contributed by atoms with Crippen LogP contribution in [-0.2, 0) is 12.6 Å². The second-order valence-corrected chi connectivity index (χ2v) is 6.31. The van der Waals surface area contributed by atoms with Crippen LogP contribution in [0.2, 0.25) is 0 Å². The number of nitrogen functional groups attached to an aromatic ring is 1. The molecule has 1 unspecified atom stereocenters. The molecule has 114 valence electrons. The molecule has 2 aromatic rings. The molecule has 0 radical (unpaired) electrons. The zero-order valence-corrected chi connectivity index (χ0v) is 13.1. The molecular weight excluding hydrogens is 367 g/mol. The summed E-state index contributed by atoms with van der Waals surface area (Å²) in [5.74, 6) is 5.50. The van der Waals surface area contributed by atoms with E-state index >= 15 is 0 Å². The van der Waals surface area contributed by atoms with Gasteiger partial charge in [0.15, 0.2) is 0 Å². The van der Waals surface area contributed by atoms with Crippen molar-refractivity contribution in [3.8, 4) is 0 Å². The van der Waals surface area contributed by atoms with Gasteiger partial charge in [-0.15, -0.1) is 11.3 Å². The van der Waals surface area contributed by atoms with Gasteiger partial charge in [0, 0.05) is 21.5 Å². The van der Waals surface area contributed by atoms with Crippen molar-refractivity contribution in [2.24, 2.45) is 5.84 Å². The van der Waals surface area contributed by atoms with E-state index < -0.39 is 17.8 Å². The third-order valence-corrected chi connectivity index (χ3v) is 5.02. The fraction of sp³-hybridized carbons (Fsp3) is 0.231. The molecule has 1 atom stereocenters. The molecule has 5 N–H and O–H groups in total. The minimum atomic E-state index is -4.41. The maximum atomic E-state index is 12.8. The van der Waals surface area contributed by atoms with Crippen molar-refractivity contribution < 1.29 is 13.2 Å². The number of rotatable bonds is 4. The Balaban J connectivity index is 2.35. The molecule has 0 aliphatic rings. The highest BCUT2D eigenvalue weighted by Crippen LogP contribution is 2.35. The molecule has 0 fully saturated rings. The summed E-state index contributed by atoms with van der Waals surface area (Å²) in [5.41, 5.74) is 8.23. The Morgan fingerprint density at radius 1 is 1.29 bits per heavy atom. The van der Waals surface area contributed by atoms with Gasteiger partial charge < -0.3 is 5.73 Å². The number of hydrogen-bond donors (Lipinski definition) is 3. The predicted molar refractivity (Wildman–Crippen MR) is 81.6 cm³/mol. The standard InChI is InChI=1S/C13H13BrF3N3S/c14-9-3-4-21-12(9)6-11(20-19)8-5-7(13(15,16)17)1-2-10(8)18/h1-5,11,20H,6,18-19H2. The van der Waals surface area contributed by atoms with E-state index in [1.165, 1.54) is 17.4 Å². The number of halogens is 4. The van der Waals surface area contributed by atoms with E-state index in [2.05, 4.69) is 21.4 Å². The minimum absolute atomic E-state index is 0.277. The Hall–Kier alpha value is -1.09. The van der Waals surface area contributed by atoms with Gasteiger partial charge in [-0.05, 0) is 51.1 Å². The Kier molecular flexibility index (Phi) is 4.92. The Bertz CT molecular complexity index is 627. The molecule has 0 bridgehead atoms. The number of nitrogens with two attached hydrogens (primary N) is 2. The Labute approximate surface area is 132 Å². The first-order valence-electron chi connectivity index (χ1n) is 5.97. The fourth-order valence-electron chi connectivity index (χ4n) is 1.97. The zero-order chi connectivity index (χ0) is 15.6. The van der Waals surface area contributed by atoms with Crippen molar-refractivity contribution in [2.75, 3.05) is 5.73 Å². The van der Waals surface area contributed by atoms with Crippen molar-refractivity contribution in [3.63, 3.8) is 0 Å². The summed E-state index contributed by atoms with van der Waals surface area (Å²) in [6.07, 6.45) is -3.97. The number of alkyl halides is 3. The number of hydrazine groups is 1. The van der Waals surface area contributed by atoms with Gasteiger partial charge in [0.05, 0.1) is 11.6 Å². The van der Waals surface area contributed by atoms with Gasteiger partial charge in [0.2, 0.25) is 0 Å². The largest absolute Gasteiger partial charge is 0.416 e. The van der Waals surface area contributed by atoms with E-state index in [1.54, 1.807) is 0 Å². The summed E-state index contributed by atoms with van der Waals surface area (Å²) in [6.45, 7) is 0. The molecule has 0 amide bonds. The van der Waals surface area contributed by atoms with Crippen molar-refractivity contribution >= 4 is 33.0 Å². The second-order valence-electron chi connectivity index (χ2n) is 4.46. The molecule has 2 rings (SSSR count). The maximum absolute atomic E-state index is 12.8. The first kappa shape index (κ1) is 16.3. The molecule has 1 aromatic heterocycles. The summed E-state index contributed by atoms with van der Waals surface area (Å²) in [5, 5.41) is 1.89. The van der Waals surface area contributed by atoms with Crippen molar-refractivity contribution in [1.82, 2.24) is 5.43 Å². The van der Waals surface area contributed by atoms with Crippen LogP contribution in [0.25, 0.3) is 0 Å². The first-order valence-corrected chi connectivity index (χ1v) is 7.64. The minimum Gasteiger partial charge on any atom is -0.398 e. The van der Waals surface area contributed by atoms with Gasteiger partial charge in [-0.25, -0.2) is 0 Å². The second kappa shape index (κ2) is 6.35. The lowest BCUT2D eigenvalue weighted by atomic mass is 9.99. The number of thiophene rings is 1. The molecule has 3 nitrogen and oxygen atoms in total. The molecule has 21 heavy (non-hydrogen) atoms. The smallest absolute Gasteiger partial charge is 0.398 e. The summed E-state index contributed by atoms with van der Waals surface area (Å²) in [7, 11) is 0. The number of hydrogen-bond acceptors (Lipinski definition) is 4. The van der Waals surface area contributed by atoms with E-state index in [0.717, 1.165) is 21.5 Å². The van der Waals surface area contributed by atoms with E-state index in [4.69, 9.17) is 11.6 Å². The van der Waals surface area contributed by atoms with Gasteiger partial charge in [-0.3, -0.25) is 11.3 Å². The normalized spacial score (nSPS) is 13.4. The highest BCUT2D eigenvalue weighted by atomic mass is 79.9. The average Bonchev–Trinajstić information content (AvgIpc) is 2.81. The quantitative estimate of drug-likeness (QED) is 0.429. The lowest BCUT2D eigenvalue weighted by Gasteiger charge is -2.19. The highest BCUT2D eigenvalue weighted by Gasteiger charge is 2.31. The molecule has 0 aliphatic heterocycles. The van der Waals surface area contributed by atoms with Crippen LogP contribution in [-0.4, -0.2) is 0 Å². The highest BCUT2D eigenvalue weighted by molar-refractivity contribution is 9.10. The van der Waals surface area contributed by atoms with Gasteiger partial charge in [-0.2, -0.15) is 13.2 Å². The van der Waals surface area contributed by atoms with E-state index in [9.17, 15) is 13.2 Å². The van der Waals surface area contributed by atoms with Crippen LogP contribution in [0.15, 0.2) is 34.1 Å². The fourth-order valence-corrected chi connectivity index (χ4v) is 3.53. The molecule has 8 heteroatoms. The number of benzene rings is 1. The molecule has 0 saturated carbocycles. The topological polar surface area (TPSA) is 64.1 Å². The predicted octanol–water partition coefficient (Wildman–Crippen LogP) is 3.86. The van der Waals surface area contributed by atoms with Crippen LogP contribution in [0.5, 0.6) is 0 Å². The Morgan fingerprint density at radius 3 is 2.52 bits per heavy atom. The van der Waals surface area contributed by atoms with Crippen LogP contribution in [0, 0.1) is 0 Å². The summed E-state index contributed by atoms with van der Waals surface area (Å²) < 4.78 is 39.3.